The predicted octanol–water partition coefficient (Wildman–Crippen LogP) is 2.77. The van der Waals surface area contributed by atoms with Crippen LogP contribution in [0.1, 0.15) is 17.9 Å². The molecule has 2 fully saturated rings. The Bertz CT molecular complexity index is 333. The van der Waals surface area contributed by atoms with Crippen LogP contribution in [0.3, 0.4) is 0 Å². The fourth-order valence-electron chi connectivity index (χ4n) is 2.88. The fourth-order valence-corrected chi connectivity index (χ4v) is 3.15. The Balaban J connectivity index is 1.80. The Morgan fingerprint density at radius 2 is 1.93 bits per heavy atom. The third kappa shape index (κ3) is 1.32. The fraction of sp³-hybridized carbons (Fsp3) is 0.500. The van der Waals surface area contributed by atoms with Gasteiger partial charge in [-0.2, -0.15) is 0 Å². The summed E-state index contributed by atoms with van der Waals surface area (Å²) in [6, 6.07) is 8.85. The van der Waals surface area contributed by atoms with Gasteiger partial charge in [0.2, 0.25) is 0 Å². The maximum Gasteiger partial charge on any atom is 0.0175 e. The van der Waals surface area contributed by atoms with Crippen LogP contribution in [-0.2, 0) is 0 Å². The van der Waals surface area contributed by atoms with E-state index in [1.54, 1.807) is 0 Å². The second kappa shape index (κ2) is 3.35. The van der Waals surface area contributed by atoms with Gasteiger partial charge < -0.3 is 5.32 Å². The zero-order valence-electron chi connectivity index (χ0n) is 8.04. The molecule has 1 N–H and O–H groups in total. The lowest BCUT2D eigenvalue weighted by molar-refractivity contribution is 0.191. The number of fused-ring (bicyclic) bond motifs is 1. The van der Waals surface area contributed by atoms with Gasteiger partial charge in [-0.15, -0.1) is 0 Å². The summed E-state index contributed by atoms with van der Waals surface area (Å²) < 4.78 is 1.18. The number of benzene rings is 1. The Labute approximate surface area is 93.0 Å². The highest BCUT2D eigenvalue weighted by Gasteiger charge is 2.44. The van der Waals surface area contributed by atoms with Crippen molar-refractivity contribution in [3.63, 3.8) is 0 Å². The van der Waals surface area contributed by atoms with E-state index in [0.29, 0.717) is 0 Å². The first-order valence-corrected chi connectivity index (χ1v) is 6.10. The smallest absolute Gasteiger partial charge is 0.0175 e. The molecular weight excluding hydrogens is 238 g/mol. The second-order valence-corrected chi connectivity index (χ2v) is 5.39. The summed E-state index contributed by atoms with van der Waals surface area (Å²) in [6.45, 7) is 2.48. The van der Waals surface area contributed by atoms with E-state index in [9.17, 15) is 0 Å². The van der Waals surface area contributed by atoms with E-state index in [0.717, 1.165) is 17.8 Å². The molecular formula is C12H14BrN. The number of halogens is 1. The van der Waals surface area contributed by atoms with Gasteiger partial charge in [0.15, 0.2) is 0 Å². The van der Waals surface area contributed by atoms with Crippen molar-refractivity contribution in [3.05, 3.63) is 34.3 Å². The van der Waals surface area contributed by atoms with E-state index >= 15 is 0 Å². The zero-order valence-corrected chi connectivity index (χ0v) is 9.63. The van der Waals surface area contributed by atoms with E-state index in [1.165, 1.54) is 29.5 Å². The van der Waals surface area contributed by atoms with Gasteiger partial charge >= 0.3 is 0 Å². The van der Waals surface area contributed by atoms with Gasteiger partial charge in [0.25, 0.3) is 0 Å². The normalized spacial score (nSPS) is 35.1. The SMILES string of the molecule is Brc1ccc([C@@H]2C[C@H]3CNC[C@@H]32)cc1. The van der Waals surface area contributed by atoms with E-state index in [-0.39, 0.29) is 0 Å². The Morgan fingerprint density at radius 3 is 2.64 bits per heavy atom. The zero-order chi connectivity index (χ0) is 9.54. The second-order valence-electron chi connectivity index (χ2n) is 4.48. The molecule has 14 heavy (non-hydrogen) atoms. The molecule has 2 heteroatoms. The third-order valence-corrected chi connectivity index (χ3v) is 4.29. The lowest BCUT2D eigenvalue weighted by Crippen LogP contribution is -2.33. The highest BCUT2D eigenvalue weighted by atomic mass is 79.9. The molecule has 3 atom stereocenters. The van der Waals surface area contributed by atoms with Crippen LogP contribution in [-0.4, -0.2) is 13.1 Å². The van der Waals surface area contributed by atoms with Crippen LogP contribution in [0.2, 0.25) is 0 Å². The van der Waals surface area contributed by atoms with Crippen molar-refractivity contribution < 1.29 is 0 Å². The standard InChI is InChI=1S/C12H14BrN/c13-10-3-1-8(2-4-10)11-5-9-6-14-7-12(9)11/h1-4,9,11-12,14H,5-7H2/t9-,11-,12-/m0/s1. The van der Waals surface area contributed by atoms with E-state index in [1.807, 2.05) is 0 Å². The van der Waals surface area contributed by atoms with Crippen molar-refractivity contribution in [2.24, 2.45) is 11.8 Å². The summed E-state index contributed by atoms with van der Waals surface area (Å²) >= 11 is 3.48. The van der Waals surface area contributed by atoms with Crippen LogP contribution in [0.15, 0.2) is 28.7 Å². The molecule has 1 aromatic carbocycles. The van der Waals surface area contributed by atoms with Gasteiger partial charge in [0.05, 0.1) is 0 Å². The summed E-state index contributed by atoms with van der Waals surface area (Å²) in [6.07, 6.45) is 1.39. The summed E-state index contributed by atoms with van der Waals surface area (Å²) in [5.74, 6) is 2.70. The highest BCUT2D eigenvalue weighted by Crippen LogP contribution is 2.48. The summed E-state index contributed by atoms with van der Waals surface area (Å²) in [5, 5.41) is 3.49. The molecule has 1 aliphatic heterocycles. The van der Waals surface area contributed by atoms with Gasteiger partial charge in [-0.25, -0.2) is 0 Å². The van der Waals surface area contributed by atoms with E-state index < -0.39 is 0 Å². The highest BCUT2D eigenvalue weighted by molar-refractivity contribution is 9.10. The van der Waals surface area contributed by atoms with Crippen LogP contribution >= 0.6 is 15.9 Å². The monoisotopic (exact) mass is 251 g/mol. The average Bonchev–Trinajstić information content (AvgIpc) is 2.52. The molecule has 0 bridgehead atoms. The van der Waals surface area contributed by atoms with Gasteiger partial charge in [-0.1, -0.05) is 28.1 Å². The molecule has 1 aliphatic carbocycles. The largest absolute Gasteiger partial charge is 0.316 e. The average molecular weight is 252 g/mol. The predicted molar refractivity (Wildman–Crippen MR) is 61.3 cm³/mol. The maximum absolute atomic E-state index is 3.49. The number of rotatable bonds is 1. The molecule has 0 unspecified atom stereocenters. The summed E-state index contributed by atoms with van der Waals surface area (Å²) in [7, 11) is 0. The van der Waals surface area contributed by atoms with Gasteiger partial charge in [0.1, 0.15) is 0 Å². The van der Waals surface area contributed by atoms with Crippen molar-refractivity contribution in [1.29, 1.82) is 0 Å². The molecule has 1 aromatic rings. The molecule has 1 heterocycles. The summed E-state index contributed by atoms with van der Waals surface area (Å²) in [4.78, 5) is 0. The lowest BCUT2D eigenvalue weighted by atomic mass is 9.64. The number of nitrogens with one attached hydrogen (secondary N) is 1. The molecule has 1 saturated heterocycles. The first-order chi connectivity index (χ1) is 6.84. The minimum absolute atomic E-state index is 0.822. The number of hydrogen-bond acceptors (Lipinski definition) is 1. The Morgan fingerprint density at radius 1 is 1.14 bits per heavy atom. The molecule has 0 radical (unpaired) electrons. The topological polar surface area (TPSA) is 12.0 Å². The molecule has 1 nitrogen and oxygen atoms in total. The van der Waals surface area contributed by atoms with Gasteiger partial charge in [-0.05, 0) is 55.0 Å². The lowest BCUT2D eigenvalue weighted by Gasteiger charge is -2.40. The minimum Gasteiger partial charge on any atom is -0.316 e. The molecule has 74 valence electrons. The summed E-state index contributed by atoms with van der Waals surface area (Å²) in [5.41, 5.74) is 1.53. The maximum atomic E-state index is 3.49. The first kappa shape index (κ1) is 8.93. The molecule has 1 saturated carbocycles. The van der Waals surface area contributed by atoms with Crippen LogP contribution in [0.4, 0.5) is 0 Å². The molecule has 3 rings (SSSR count). The molecule has 2 aliphatic rings. The first-order valence-electron chi connectivity index (χ1n) is 5.31. The Hall–Kier alpha value is -0.340. The molecule has 0 spiro atoms. The van der Waals surface area contributed by atoms with E-state index in [2.05, 4.69) is 45.5 Å². The van der Waals surface area contributed by atoms with Crippen LogP contribution in [0.25, 0.3) is 0 Å². The van der Waals surface area contributed by atoms with Gasteiger partial charge in [-0.3, -0.25) is 0 Å². The quantitative estimate of drug-likeness (QED) is 0.810. The van der Waals surface area contributed by atoms with Crippen molar-refractivity contribution in [2.75, 3.05) is 13.1 Å². The van der Waals surface area contributed by atoms with E-state index in [4.69, 9.17) is 0 Å². The van der Waals surface area contributed by atoms with Crippen LogP contribution in [0, 0.1) is 11.8 Å². The van der Waals surface area contributed by atoms with Crippen molar-refractivity contribution in [2.45, 2.75) is 12.3 Å². The minimum atomic E-state index is 0.822. The third-order valence-electron chi connectivity index (χ3n) is 3.76. The number of hydrogen-bond donors (Lipinski definition) is 1. The van der Waals surface area contributed by atoms with Crippen LogP contribution in [0.5, 0.6) is 0 Å². The van der Waals surface area contributed by atoms with Crippen LogP contribution < -0.4 is 5.32 Å². The molecule has 0 aromatic heterocycles. The van der Waals surface area contributed by atoms with Crippen molar-refractivity contribution in [1.82, 2.24) is 5.32 Å². The van der Waals surface area contributed by atoms with Crippen molar-refractivity contribution in [3.8, 4) is 0 Å². The molecule has 0 amide bonds. The van der Waals surface area contributed by atoms with Crippen molar-refractivity contribution >= 4 is 15.9 Å². The van der Waals surface area contributed by atoms with Gasteiger partial charge in [0, 0.05) is 4.47 Å². The Kier molecular flexibility index (Phi) is 2.14.